The van der Waals surface area contributed by atoms with Gasteiger partial charge in [0.25, 0.3) is 0 Å². The molecule has 3 aliphatic rings. The summed E-state index contributed by atoms with van der Waals surface area (Å²) in [7, 11) is 4.36. The maximum atomic E-state index is 14.1. The number of nitrogens with zero attached hydrogens (tertiary/aromatic N) is 1. The molecule has 7 N–H and O–H groups in total. The molecule has 0 saturated carbocycles. The Labute approximate surface area is 310 Å². The van der Waals surface area contributed by atoms with Crippen molar-refractivity contribution in [1.82, 2.24) is 0 Å². The van der Waals surface area contributed by atoms with Gasteiger partial charge in [-0.05, 0) is 60.3 Å². The molecule has 0 aromatic heterocycles. The lowest BCUT2D eigenvalue weighted by Gasteiger charge is -2.51. The molecule has 0 radical (unpaired) electrons. The van der Waals surface area contributed by atoms with Gasteiger partial charge in [-0.1, -0.05) is 27.7 Å². The van der Waals surface area contributed by atoms with E-state index in [-0.39, 0.29) is 25.7 Å². The summed E-state index contributed by atoms with van der Waals surface area (Å²) in [5.41, 5.74) is 2.05. The van der Waals surface area contributed by atoms with Gasteiger partial charge in [0, 0.05) is 37.8 Å². The number of carbonyl (C=O) groups excluding carboxylic acids is 1. The van der Waals surface area contributed by atoms with Crippen molar-refractivity contribution in [3.8, 4) is 0 Å². The van der Waals surface area contributed by atoms with E-state index in [4.69, 9.17) is 34.2 Å². The molecule has 0 amide bonds. The van der Waals surface area contributed by atoms with Crippen molar-refractivity contribution in [1.29, 1.82) is 0 Å². The van der Waals surface area contributed by atoms with E-state index in [9.17, 15) is 35.5 Å². The van der Waals surface area contributed by atoms with E-state index in [2.05, 4.69) is 0 Å². The van der Waals surface area contributed by atoms with Gasteiger partial charge >= 0.3 is 5.97 Å². The fourth-order valence-electron chi connectivity index (χ4n) is 8.73. The number of ether oxygens (including phenoxy) is 6. The van der Waals surface area contributed by atoms with Crippen LogP contribution < -0.4 is 5.73 Å². The Bertz CT molecular complexity index is 1170. The van der Waals surface area contributed by atoms with Crippen LogP contribution in [0.25, 0.3) is 0 Å². The van der Waals surface area contributed by atoms with E-state index in [1.54, 1.807) is 55.4 Å². The Morgan fingerprint density at radius 1 is 0.942 bits per heavy atom. The number of hydroxylamine groups is 3. The zero-order valence-electron chi connectivity index (χ0n) is 33.6. The number of nitrogens with two attached hydrogens (primary N) is 1. The number of hydrogen-bond acceptors (Lipinski definition) is 14. The van der Waals surface area contributed by atoms with Gasteiger partial charge in [0.1, 0.15) is 23.9 Å². The van der Waals surface area contributed by atoms with Crippen molar-refractivity contribution in [3.05, 3.63) is 5.21 Å². The number of carbonyl (C=O) groups is 1. The lowest BCUT2D eigenvalue weighted by atomic mass is 9.72. The van der Waals surface area contributed by atoms with Crippen LogP contribution in [-0.2, 0) is 33.2 Å². The van der Waals surface area contributed by atoms with Gasteiger partial charge < -0.3 is 69.5 Å². The minimum atomic E-state index is -1.88. The highest BCUT2D eigenvalue weighted by Gasteiger charge is 2.54. The van der Waals surface area contributed by atoms with E-state index in [0.717, 1.165) is 0 Å². The lowest BCUT2D eigenvalue weighted by molar-refractivity contribution is -0.874. The molecule has 0 bridgehead atoms. The van der Waals surface area contributed by atoms with E-state index in [1.165, 1.54) is 28.1 Å². The number of cyclic esters (lactones) is 1. The largest absolute Gasteiger partial charge is 0.633 e. The lowest BCUT2D eigenvalue weighted by Crippen LogP contribution is -2.63. The third-order valence-electron chi connectivity index (χ3n) is 12.3. The number of aliphatic hydroxyl groups is 5. The third-order valence-corrected chi connectivity index (χ3v) is 12.3. The second kappa shape index (κ2) is 17.0. The highest BCUT2D eigenvalue weighted by Crippen LogP contribution is 2.41. The van der Waals surface area contributed by atoms with Crippen molar-refractivity contribution in [2.45, 2.75) is 185 Å². The van der Waals surface area contributed by atoms with Crippen LogP contribution in [0.3, 0.4) is 0 Å². The first-order valence-electron chi connectivity index (χ1n) is 18.9. The van der Waals surface area contributed by atoms with Crippen molar-refractivity contribution < 1.29 is 63.4 Å². The summed E-state index contributed by atoms with van der Waals surface area (Å²) in [5.74, 6) is -3.82. The van der Waals surface area contributed by atoms with Crippen molar-refractivity contribution in [2.24, 2.45) is 29.4 Å². The van der Waals surface area contributed by atoms with Crippen molar-refractivity contribution in [3.63, 3.8) is 0 Å². The number of likely N-dealkylation sites (N-methyl/N-ethyl adjacent to an activating group) is 1. The molecule has 3 heterocycles. The molecule has 3 saturated heterocycles. The van der Waals surface area contributed by atoms with Crippen molar-refractivity contribution >= 4 is 5.97 Å². The van der Waals surface area contributed by atoms with Gasteiger partial charge in [0.15, 0.2) is 18.7 Å². The van der Waals surface area contributed by atoms with Gasteiger partial charge in [0.2, 0.25) is 0 Å². The quantitative estimate of drug-likeness (QED) is 0.124. The second-order valence-electron chi connectivity index (χ2n) is 17.3. The first-order valence-corrected chi connectivity index (χ1v) is 18.9. The fraction of sp³-hybridized carbons (Fsp3) is 0.973. The Balaban J connectivity index is 2.19. The van der Waals surface area contributed by atoms with Gasteiger partial charge in [-0.3, -0.25) is 4.79 Å². The van der Waals surface area contributed by atoms with Crippen LogP contribution in [0, 0.1) is 28.9 Å². The van der Waals surface area contributed by atoms with E-state index < -0.39 is 125 Å². The number of aliphatic hydroxyl groups excluding tert-OH is 3. The molecule has 306 valence electrons. The Hall–Kier alpha value is -1.05. The molecule has 3 aliphatic heterocycles. The molecule has 15 nitrogen and oxygen atoms in total. The van der Waals surface area contributed by atoms with Crippen molar-refractivity contribution in [2.75, 3.05) is 21.2 Å². The number of methoxy groups -OCH3 is 1. The number of hydrogen-bond donors (Lipinski definition) is 6. The summed E-state index contributed by atoms with van der Waals surface area (Å²) in [6, 6.07) is -1.53. The number of esters is 1. The minimum absolute atomic E-state index is 0.0287. The Morgan fingerprint density at radius 2 is 1.54 bits per heavy atom. The molecule has 3 fully saturated rings. The third kappa shape index (κ3) is 9.66. The van der Waals surface area contributed by atoms with Crippen LogP contribution >= 0.6 is 0 Å². The maximum absolute atomic E-state index is 14.1. The summed E-state index contributed by atoms with van der Waals surface area (Å²) in [6.07, 6.45) is -10.1. The molecule has 52 heavy (non-hydrogen) atoms. The SMILES string of the molecule is CCC1OC(=O)[C@H](C)C(O[C@H]2C[C@@](C)(OC)[C@@H](O)[C@H](C)O2)[C@H](C)[C@@H](O[C@@H]2O[C@H](C)C[C@H]([N+](C)(C)[O-])[C@H]2O)[C@](C)(O)C[C@@H](C)[C@H](N)[C@H](C)[C@@H](O)[C@]1(C)O. The van der Waals surface area contributed by atoms with Gasteiger partial charge in [0.05, 0.1) is 61.7 Å². The highest BCUT2D eigenvalue weighted by molar-refractivity contribution is 5.73. The van der Waals surface area contributed by atoms with Crippen LogP contribution in [0.4, 0.5) is 0 Å². The predicted molar refractivity (Wildman–Crippen MR) is 191 cm³/mol. The fourth-order valence-corrected chi connectivity index (χ4v) is 8.73. The monoisotopic (exact) mass is 750 g/mol. The maximum Gasteiger partial charge on any atom is 0.311 e. The first-order chi connectivity index (χ1) is 23.7. The summed E-state index contributed by atoms with van der Waals surface area (Å²) >= 11 is 0. The molecule has 15 heteroatoms. The minimum Gasteiger partial charge on any atom is -0.633 e. The van der Waals surface area contributed by atoms with Crippen LogP contribution in [0.5, 0.6) is 0 Å². The average Bonchev–Trinajstić information content (AvgIpc) is 3.05. The molecule has 3 rings (SSSR count). The zero-order chi connectivity index (χ0) is 39.9. The highest BCUT2D eigenvalue weighted by atomic mass is 16.7. The standard InChI is InChI=1S/C37H70N2O13/c1-14-25-37(10,45)30(41)20(4)27(38)18(2)16-35(8,44)32(52-34-28(40)24(39(11,12)46)15-19(3)48-34)21(5)29(22(6)33(43)50-25)51-26-17-36(9,47-13)31(42)23(7)49-26/h18-32,34,40-42,44-45H,14-17,38H2,1-13H3/t18-,19-,20+,21+,22-,23+,24+,25?,26+,27+,28-,29?,30-,31+,32-,34+,35-,36-,37-/m1/s1. The second-order valence-corrected chi connectivity index (χ2v) is 17.3. The van der Waals surface area contributed by atoms with Crippen LogP contribution in [0.2, 0.25) is 0 Å². The number of quaternary nitrogens is 1. The molecule has 19 atom stereocenters. The van der Waals surface area contributed by atoms with Gasteiger partial charge in [-0.2, -0.15) is 0 Å². The summed E-state index contributed by atoms with van der Waals surface area (Å²) in [5, 5.41) is 71.1. The predicted octanol–water partition coefficient (Wildman–Crippen LogP) is 1.56. The van der Waals surface area contributed by atoms with Crippen LogP contribution in [0.1, 0.15) is 94.9 Å². The average molecular weight is 751 g/mol. The first kappa shape index (κ1) is 45.3. The summed E-state index contributed by atoms with van der Waals surface area (Å²) in [6.45, 7) is 16.8. The smallest absolute Gasteiger partial charge is 0.311 e. The van der Waals surface area contributed by atoms with E-state index in [0.29, 0.717) is 0 Å². The molecule has 0 spiro atoms. The number of rotatable bonds is 7. The topological polar surface area (TPSA) is 223 Å². The molecule has 0 aromatic rings. The Kier molecular flexibility index (Phi) is 14.8. The molecule has 0 aromatic carbocycles. The zero-order valence-corrected chi connectivity index (χ0v) is 33.6. The van der Waals surface area contributed by atoms with E-state index in [1.807, 2.05) is 6.92 Å². The van der Waals surface area contributed by atoms with Crippen LogP contribution in [-0.4, -0.2) is 148 Å². The van der Waals surface area contributed by atoms with E-state index >= 15 is 0 Å². The van der Waals surface area contributed by atoms with Crippen LogP contribution in [0.15, 0.2) is 0 Å². The normalized spacial score (nSPS) is 50.7. The molecule has 2 unspecified atom stereocenters. The summed E-state index contributed by atoms with van der Waals surface area (Å²) in [4.78, 5) is 14.1. The Morgan fingerprint density at radius 3 is 2.08 bits per heavy atom. The van der Waals surface area contributed by atoms with Gasteiger partial charge in [-0.15, -0.1) is 0 Å². The van der Waals surface area contributed by atoms with Gasteiger partial charge in [-0.25, -0.2) is 0 Å². The molecular formula is C37H70N2O13. The summed E-state index contributed by atoms with van der Waals surface area (Å²) < 4.78 is 36.3. The molecular weight excluding hydrogens is 680 g/mol. The molecule has 0 aliphatic carbocycles.